The van der Waals surface area contributed by atoms with E-state index in [4.69, 9.17) is 9.31 Å². The van der Waals surface area contributed by atoms with Gasteiger partial charge in [-0.15, -0.1) is 0 Å². The first-order valence-corrected chi connectivity index (χ1v) is 5.86. The average molecular weight is 250 g/mol. The van der Waals surface area contributed by atoms with E-state index >= 15 is 0 Å². The van der Waals surface area contributed by atoms with Gasteiger partial charge >= 0.3 is 7.12 Å². The molecule has 1 aliphatic rings. The van der Waals surface area contributed by atoms with Crippen molar-refractivity contribution >= 4 is 18.9 Å². The van der Waals surface area contributed by atoms with Crippen molar-refractivity contribution in [3.8, 4) is 0 Å². The first-order valence-electron chi connectivity index (χ1n) is 5.86. The molecule has 0 atom stereocenters. The number of carbonyl (C=O) groups excluding carboxylic acids is 1. The number of aldehydes is 1. The zero-order valence-corrected chi connectivity index (χ0v) is 11.0. The van der Waals surface area contributed by atoms with Gasteiger partial charge in [0.2, 0.25) is 0 Å². The van der Waals surface area contributed by atoms with Crippen LogP contribution < -0.4 is 5.46 Å². The van der Waals surface area contributed by atoms with Crippen molar-refractivity contribution < 1.29 is 18.5 Å². The van der Waals surface area contributed by atoms with Gasteiger partial charge in [0.05, 0.1) is 11.2 Å². The largest absolute Gasteiger partial charge is 0.494 e. The van der Waals surface area contributed by atoms with Gasteiger partial charge in [0, 0.05) is 5.56 Å². The standard InChI is InChI=1S/C13H16BFO3/c1-12(2)13(3,4)18-14(17-12)10-5-9(8-16)6-11(15)7-10/h5-8H,1-4H3. The monoisotopic (exact) mass is 250 g/mol. The molecule has 0 radical (unpaired) electrons. The van der Waals surface area contributed by atoms with E-state index in [0.717, 1.165) is 0 Å². The second kappa shape index (κ2) is 4.18. The first-order chi connectivity index (χ1) is 8.25. The third-order valence-electron chi connectivity index (χ3n) is 3.60. The van der Waals surface area contributed by atoms with Crippen molar-refractivity contribution in [1.29, 1.82) is 0 Å². The second-order valence-electron chi connectivity index (χ2n) is 5.52. The molecule has 0 aromatic heterocycles. The van der Waals surface area contributed by atoms with Crippen LogP contribution in [-0.2, 0) is 9.31 Å². The molecule has 1 aromatic carbocycles. The summed E-state index contributed by atoms with van der Waals surface area (Å²) in [6.45, 7) is 7.69. The highest BCUT2D eigenvalue weighted by atomic mass is 19.1. The molecule has 0 bridgehead atoms. The normalized spacial score (nSPS) is 21.1. The summed E-state index contributed by atoms with van der Waals surface area (Å²) in [7, 11) is -0.649. The Morgan fingerprint density at radius 2 is 1.67 bits per heavy atom. The zero-order valence-electron chi connectivity index (χ0n) is 11.0. The Kier molecular flexibility index (Phi) is 3.07. The molecule has 1 fully saturated rings. The summed E-state index contributed by atoms with van der Waals surface area (Å²) in [6, 6.07) is 4.09. The molecule has 0 aliphatic carbocycles. The van der Waals surface area contributed by atoms with Crippen molar-refractivity contribution in [1.82, 2.24) is 0 Å². The van der Waals surface area contributed by atoms with E-state index in [1.807, 2.05) is 27.7 Å². The van der Waals surface area contributed by atoms with Gasteiger partial charge in [0.25, 0.3) is 0 Å². The zero-order chi connectivity index (χ0) is 13.6. The Morgan fingerprint density at radius 1 is 1.11 bits per heavy atom. The summed E-state index contributed by atoms with van der Waals surface area (Å²) in [6.07, 6.45) is 0.609. The Hall–Kier alpha value is -1.20. The number of hydrogen-bond acceptors (Lipinski definition) is 3. The van der Waals surface area contributed by atoms with Gasteiger partial charge in [-0.2, -0.15) is 0 Å². The van der Waals surface area contributed by atoms with E-state index in [1.54, 1.807) is 6.07 Å². The summed E-state index contributed by atoms with van der Waals surface area (Å²) < 4.78 is 25.0. The number of benzene rings is 1. The van der Waals surface area contributed by atoms with Crippen LogP contribution in [0.2, 0.25) is 0 Å². The lowest BCUT2D eigenvalue weighted by Crippen LogP contribution is -2.41. The fourth-order valence-electron chi connectivity index (χ4n) is 1.82. The molecule has 0 amide bonds. The Morgan fingerprint density at radius 3 is 2.17 bits per heavy atom. The molecule has 1 heterocycles. The van der Waals surface area contributed by atoms with Crippen LogP contribution in [0.4, 0.5) is 4.39 Å². The minimum Gasteiger partial charge on any atom is -0.399 e. The number of halogens is 1. The summed E-state index contributed by atoms with van der Waals surface area (Å²) >= 11 is 0. The van der Waals surface area contributed by atoms with Crippen molar-refractivity contribution in [3.05, 3.63) is 29.6 Å². The maximum Gasteiger partial charge on any atom is 0.494 e. The van der Waals surface area contributed by atoms with Crippen molar-refractivity contribution in [2.24, 2.45) is 0 Å². The molecular formula is C13H16BFO3. The highest BCUT2D eigenvalue weighted by Gasteiger charge is 2.51. The van der Waals surface area contributed by atoms with Crippen LogP contribution in [-0.4, -0.2) is 24.6 Å². The van der Waals surface area contributed by atoms with Gasteiger partial charge in [-0.05, 0) is 45.3 Å². The second-order valence-corrected chi connectivity index (χ2v) is 5.52. The third kappa shape index (κ3) is 2.20. The van der Waals surface area contributed by atoms with Crippen molar-refractivity contribution in [3.63, 3.8) is 0 Å². The van der Waals surface area contributed by atoms with Crippen LogP contribution in [0.5, 0.6) is 0 Å². The molecular weight excluding hydrogens is 234 g/mol. The van der Waals surface area contributed by atoms with Crippen LogP contribution in [0.1, 0.15) is 38.1 Å². The molecule has 5 heteroatoms. The smallest absolute Gasteiger partial charge is 0.399 e. The van der Waals surface area contributed by atoms with E-state index < -0.39 is 24.1 Å². The van der Waals surface area contributed by atoms with Gasteiger partial charge in [0.1, 0.15) is 12.1 Å². The van der Waals surface area contributed by atoms with Crippen LogP contribution in [0.3, 0.4) is 0 Å². The summed E-state index contributed by atoms with van der Waals surface area (Å²) in [4.78, 5) is 10.7. The summed E-state index contributed by atoms with van der Waals surface area (Å²) in [5.41, 5.74) is -0.160. The van der Waals surface area contributed by atoms with Gasteiger partial charge in [-0.1, -0.05) is 6.07 Å². The maximum atomic E-state index is 13.4. The predicted molar refractivity (Wildman–Crippen MR) is 67.5 cm³/mol. The minimum absolute atomic E-state index is 0.278. The van der Waals surface area contributed by atoms with E-state index in [1.165, 1.54) is 12.1 Å². The SMILES string of the molecule is CC1(C)OB(c2cc(F)cc(C=O)c2)OC1(C)C. The van der Waals surface area contributed by atoms with E-state index in [2.05, 4.69) is 0 Å². The summed E-state index contributed by atoms with van der Waals surface area (Å²) in [5, 5.41) is 0. The van der Waals surface area contributed by atoms with Gasteiger partial charge in [0.15, 0.2) is 0 Å². The first kappa shape index (κ1) is 13.2. The van der Waals surface area contributed by atoms with E-state index in [-0.39, 0.29) is 5.56 Å². The molecule has 3 nitrogen and oxygen atoms in total. The Labute approximate surface area is 106 Å². The van der Waals surface area contributed by atoms with Crippen LogP contribution in [0, 0.1) is 5.82 Å². The number of hydrogen-bond donors (Lipinski definition) is 0. The highest BCUT2D eigenvalue weighted by molar-refractivity contribution is 6.62. The lowest BCUT2D eigenvalue weighted by atomic mass is 9.78. The minimum atomic E-state index is -0.649. The molecule has 96 valence electrons. The molecule has 0 saturated carbocycles. The van der Waals surface area contributed by atoms with Crippen molar-refractivity contribution in [2.75, 3.05) is 0 Å². The summed E-state index contributed by atoms with van der Waals surface area (Å²) in [5.74, 6) is -0.468. The molecule has 0 N–H and O–H groups in total. The molecule has 1 aromatic rings. The molecule has 1 saturated heterocycles. The fourth-order valence-corrected chi connectivity index (χ4v) is 1.82. The van der Waals surface area contributed by atoms with Gasteiger partial charge in [-0.25, -0.2) is 4.39 Å². The maximum absolute atomic E-state index is 13.4. The molecule has 1 aliphatic heterocycles. The van der Waals surface area contributed by atoms with Gasteiger partial charge in [-0.3, -0.25) is 4.79 Å². The fraction of sp³-hybridized carbons (Fsp3) is 0.462. The third-order valence-corrected chi connectivity index (χ3v) is 3.60. The highest BCUT2D eigenvalue weighted by Crippen LogP contribution is 2.36. The molecule has 0 spiro atoms. The lowest BCUT2D eigenvalue weighted by molar-refractivity contribution is 0.00578. The van der Waals surface area contributed by atoms with Crippen molar-refractivity contribution in [2.45, 2.75) is 38.9 Å². The van der Waals surface area contributed by atoms with Crippen LogP contribution >= 0.6 is 0 Å². The quantitative estimate of drug-likeness (QED) is 0.594. The molecule has 18 heavy (non-hydrogen) atoms. The number of rotatable bonds is 2. The van der Waals surface area contributed by atoms with Crippen LogP contribution in [0.15, 0.2) is 18.2 Å². The number of carbonyl (C=O) groups is 1. The molecule has 2 rings (SSSR count). The predicted octanol–water partition coefficient (Wildman–Crippen LogP) is 1.94. The Bertz CT molecular complexity index is 469. The van der Waals surface area contributed by atoms with Gasteiger partial charge < -0.3 is 9.31 Å². The topological polar surface area (TPSA) is 35.5 Å². The lowest BCUT2D eigenvalue weighted by Gasteiger charge is -2.32. The van der Waals surface area contributed by atoms with Crippen LogP contribution in [0.25, 0.3) is 0 Å². The molecule has 0 unspecified atom stereocenters. The Balaban J connectivity index is 2.35. The van der Waals surface area contributed by atoms with E-state index in [9.17, 15) is 9.18 Å². The average Bonchev–Trinajstić information content (AvgIpc) is 2.47. The van der Waals surface area contributed by atoms with E-state index in [0.29, 0.717) is 11.7 Å².